The molecule has 21 heavy (non-hydrogen) atoms. The molecule has 0 aromatic heterocycles. The van der Waals surface area contributed by atoms with Crippen molar-refractivity contribution in [1.82, 2.24) is 4.72 Å². The minimum Gasteiger partial charge on any atom is -0.398 e. The Morgan fingerprint density at radius 2 is 1.95 bits per heavy atom. The van der Waals surface area contributed by atoms with E-state index >= 15 is 0 Å². The quantitative estimate of drug-likeness (QED) is 0.815. The Kier molecular flexibility index (Phi) is 5.22. The molecule has 118 valence electrons. The lowest BCUT2D eigenvalue weighted by molar-refractivity contribution is 0.395. The number of nitrogen functional groups attached to an aromatic ring is 1. The molecular formula is C15H24N2O2S2. The second kappa shape index (κ2) is 6.58. The topological polar surface area (TPSA) is 72.2 Å². The summed E-state index contributed by atoms with van der Waals surface area (Å²) in [5.74, 6) is 0. The smallest absolute Gasteiger partial charge is 0.240 e. The average molecular weight is 329 g/mol. The van der Waals surface area contributed by atoms with E-state index in [2.05, 4.69) is 11.0 Å². The molecule has 0 heterocycles. The maximum absolute atomic E-state index is 12.4. The van der Waals surface area contributed by atoms with Crippen LogP contribution < -0.4 is 10.5 Å². The van der Waals surface area contributed by atoms with Gasteiger partial charge in [-0.2, -0.15) is 11.8 Å². The molecule has 0 radical (unpaired) electrons. The largest absolute Gasteiger partial charge is 0.398 e. The molecule has 1 fully saturated rings. The first-order valence-corrected chi connectivity index (χ1v) is 10.0. The second-order valence-electron chi connectivity index (χ2n) is 5.79. The zero-order chi connectivity index (χ0) is 15.5. The first kappa shape index (κ1) is 16.6. The summed E-state index contributed by atoms with van der Waals surface area (Å²) in [7, 11) is -3.49. The Labute approximate surface area is 131 Å². The van der Waals surface area contributed by atoms with Crippen LogP contribution in [0.25, 0.3) is 0 Å². The predicted molar refractivity (Wildman–Crippen MR) is 90.1 cm³/mol. The third kappa shape index (κ3) is 3.93. The zero-order valence-electron chi connectivity index (χ0n) is 12.7. The summed E-state index contributed by atoms with van der Waals surface area (Å²) in [5, 5.41) is 0. The summed E-state index contributed by atoms with van der Waals surface area (Å²) in [4.78, 5) is 0.248. The molecule has 2 rings (SSSR count). The van der Waals surface area contributed by atoms with E-state index in [1.807, 2.05) is 6.92 Å². The van der Waals surface area contributed by atoms with Gasteiger partial charge in [-0.15, -0.1) is 0 Å². The SMILES string of the molecule is CSC1(CNS(=O)(=O)c2ccc(C)c(N)c2)CCCCC1. The van der Waals surface area contributed by atoms with Gasteiger partial charge in [-0.1, -0.05) is 25.3 Å². The van der Waals surface area contributed by atoms with Crippen LogP contribution >= 0.6 is 11.8 Å². The van der Waals surface area contributed by atoms with E-state index in [9.17, 15) is 8.42 Å². The number of aryl methyl sites for hydroxylation is 1. The molecule has 4 nitrogen and oxygen atoms in total. The molecule has 0 amide bonds. The molecule has 1 aliphatic rings. The Bertz CT molecular complexity index is 594. The lowest BCUT2D eigenvalue weighted by Gasteiger charge is -2.35. The predicted octanol–water partition coefficient (Wildman–Crippen LogP) is 2.92. The van der Waals surface area contributed by atoms with E-state index in [0.29, 0.717) is 12.2 Å². The number of hydrogen-bond donors (Lipinski definition) is 2. The first-order valence-electron chi connectivity index (χ1n) is 7.29. The number of anilines is 1. The Balaban J connectivity index is 2.11. The van der Waals surface area contributed by atoms with E-state index in [0.717, 1.165) is 18.4 Å². The normalized spacial score (nSPS) is 18.6. The number of nitrogens with two attached hydrogens (primary N) is 1. The summed E-state index contributed by atoms with van der Waals surface area (Å²) < 4.78 is 27.7. The monoisotopic (exact) mass is 328 g/mol. The molecule has 0 atom stereocenters. The van der Waals surface area contributed by atoms with Crippen LogP contribution in [0.15, 0.2) is 23.1 Å². The van der Waals surface area contributed by atoms with Crippen molar-refractivity contribution < 1.29 is 8.42 Å². The molecule has 3 N–H and O–H groups in total. The van der Waals surface area contributed by atoms with Crippen LogP contribution in [0.3, 0.4) is 0 Å². The van der Waals surface area contributed by atoms with E-state index < -0.39 is 10.0 Å². The van der Waals surface area contributed by atoms with Gasteiger partial charge in [0.1, 0.15) is 0 Å². The minimum absolute atomic E-state index is 0.0432. The lowest BCUT2D eigenvalue weighted by Crippen LogP contribution is -2.41. The third-order valence-electron chi connectivity index (χ3n) is 4.34. The molecule has 6 heteroatoms. The van der Waals surface area contributed by atoms with Gasteiger partial charge in [0.05, 0.1) is 4.90 Å². The molecule has 1 aliphatic carbocycles. The number of rotatable bonds is 5. The van der Waals surface area contributed by atoms with Crippen molar-refractivity contribution in [2.24, 2.45) is 0 Å². The Morgan fingerprint density at radius 3 is 2.52 bits per heavy atom. The van der Waals surface area contributed by atoms with E-state index in [-0.39, 0.29) is 9.64 Å². The van der Waals surface area contributed by atoms with E-state index in [1.54, 1.807) is 23.9 Å². The Morgan fingerprint density at radius 1 is 1.29 bits per heavy atom. The van der Waals surface area contributed by atoms with Gasteiger partial charge in [-0.25, -0.2) is 13.1 Å². The average Bonchev–Trinajstić information content (AvgIpc) is 2.49. The summed E-state index contributed by atoms with van der Waals surface area (Å²) in [6.07, 6.45) is 7.84. The van der Waals surface area contributed by atoms with Gasteiger partial charge in [0.2, 0.25) is 10.0 Å². The molecule has 1 aromatic carbocycles. The maximum Gasteiger partial charge on any atom is 0.240 e. The van der Waals surface area contributed by atoms with Crippen molar-refractivity contribution >= 4 is 27.5 Å². The zero-order valence-corrected chi connectivity index (χ0v) is 14.3. The number of nitrogens with one attached hydrogen (secondary N) is 1. The maximum atomic E-state index is 12.4. The number of benzene rings is 1. The first-order chi connectivity index (χ1) is 9.88. The molecule has 1 aromatic rings. The molecular weight excluding hydrogens is 304 g/mol. The van der Waals surface area contributed by atoms with Crippen molar-refractivity contribution in [1.29, 1.82) is 0 Å². The van der Waals surface area contributed by atoms with E-state index in [1.165, 1.54) is 25.3 Å². The fourth-order valence-corrected chi connectivity index (χ4v) is 4.91. The van der Waals surface area contributed by atoms with Gasteiger partial charge in [-0.05, 0) is 43.7 Å². The van der Waals surface area contributed by atoms with Gasteiger partial charge in [0, 0.05) is 17.0 Å². The third-order valence-corrected chi connectivity index (χ3v) is 7.16. The molecule has 0 unspecified atom stereocenters. The highest BCUT2D eigenvalue weighted by atomic mass is 32.2. The van der Waals surface area contributed by atoms with Crippen LogP contribution in [0.1, 0.15) is 37.7 Å². The van der Waals surface area contributed by atoms with Crippen LogP contribution in [0, 0.1) is 6.92 Å². The highest BCUT2D eigenvalue weighted by molar-refractivity contribution is 8.00. The molecule has 1 saturated carbocycles. The van der Waals surface area contributed by atoms with Crippen molar-refractivity contribution in [2.75, 3.05) is 18.5 Å². The fraction of sp³-hybridized carbons (Fsp3) is 0.600. The van der Waals surface area contributed by atoms with Gasteiger partial charge in [0.25, 0.3) is 0 Å². The van der Waals surface area contributed by atoms with Gasteiger partial charge >= 0.3 is 0 Å². The molecule has 0 spiro atoms. The van der Waals surface area contributed by atoms with Crippen molar-refractivity contribution in [3.63, 3.8) is 0 Å². The summed E-state index contributed by atoms with van der Waals surface area (Å²) in [6, 6.07) is 4.89. The van der Waals surface area contributed by atoms with Crippen LogP contribution in [-0.4, -0.2) is 26.0 Å². The van der Waals surface area contributed by atoms with Crippen LogP contribution in [0.5, 0.6) is 0 Å². The number of hydrogen-bond acceptors (Lipinski definition) is 4. The van der Waals surface area contributed by atoms with Crippen LogP contribution in [-0.2, 0) is 10.0 Å². The van der Waals surface area contributed by atoms with Gasteiger partial charge < -0.3 is 5.73 Å². The van der Waals surface area contributed by atoms with Gasteiger partial charge in [0.15, 0.2) is 0 Å². The molecule has 0 bridgehead atoms. The van der Waals surface area contributed by atoms with Crippen molar-refractivity contribution in [3.8, 4) is 0 Å². The standard InChI is InChI=1S/C15H24N2O2S2/c1-12-6-7-13(10-14(12)16)21(18,19)17-11-15(20-2)8-4-3-5-9-15/h6-7,10,17H,3-5,8-9,11,16H2,1-2H3. The lowest BCUT2D eigenvalue weighted by atomic mass is 9.88. The summed E-state index contributed by atoms with van der Waals surface area (Å²) >= 11 is 1.78. The highest BCUT2D eigenvalue weighted by Crippen LogP contribution is 2.38. The highest BCUT2D eigenvalue weighted by Gasteiger charge is 2.32. The minimum atomic E-state index is -3.49. The number of thioether (sulfide) groups is 1. The fourth-order valence-electron chi connectivity index (χ4n) is 2.74. The van der Waals surface area contributed by atoms with Gasteiger partial charge in [-0.3, -0.25) is 0 Å². The Hall–Kier alpha value is -0.720. The van der Waals surface area contributed by atoms with Crippen LogP contribution in [0.2, 0.25) is 0 Å². The number of sulfonamides is 1. The van der Waals surface area contributed by atoms with E-state index in [4.69, 9.17) is 5.73 Å². The van der Waals surface area contributed by atoms with Crippen molar-refractivity contribution in [2.45, 2.75) is 48.7 Å². The van der Waals surface area contributed by atoms with Crippen LogP contribution in [0.4, 0.5) is 5.69 Å². The summed E-state index contributed by atoms with van der Waals surface area (Å²) in [5.41, 5.74) is 7.21. The second-order valence-corrected chi connectivity index (χ2v) is 8.83. The molecule has 0 saturated heterocycles. The van der Waals surface area contributed by atoms with Crippen molar-refractivity contribution in [3.05, 3.63) is 23.8 Å². The molecule has 0 aliphatic heterocycles. The summed E-state index contributed by atoms with van der Waals surface area (Å²) in [6.45, 7) is 2.36.